The molecule has 2 heterocycles. The average Bonchev–Trinajstić information content (AvgIpc) is 3.50. The number of aromatic amines is 1. The number of fused-ring (bicyclic) bond motifs is 1. The number of aryl methyl sites for hydroxylation is 1. The fraction of sp³-hybridized carbons (Fsp3) is 0.167. The SMILES string of the molecule is CNC(=O)c1c(-c2ccccc2)oc2ccc(-c3cc(C(=O)NC4(c5nc(-c6ccccc6OC)n[nH]5)CC4)ccc3C)cc12. The fourth-order valence-corrected chi connectivity index (χ4v) is 5.74. The largest absolute Gasteiger partial charge is 0.496 e. The number of H-pyrrole nitrogens is 1. The summed E-state index contributed by atoms with van der Waals surface area (Å²) in [7, 11) is 3.22. The molecule has 0 unspecified atom stereocenters. The monoisotopic (exact) mass is 597 g/mol. The van der Waals surface area contributed by atoms with Crippen LogP contribution in [0.5, 0.6) is 5.75 Å². The molecule has 0 spiro atoms. The Kier molecular flexibility index (Phi) is 6.93. The van der Waals surface area contributed by atoms with Gasteiger partial charge in [0.1, 0.15) is 17.1 Å². The van der Waals surface area contributed by atoms with E-state index in [0.29, 0.717) is 45.3 Å². The van der Waals surface area contributed by atoms with Gasteiger partial charge in [0.05, 0.1) is 23.8 Å². The van der Waals surface area contributed by atoms with Crippen molar-refractivity contribution in [3.8, 4) is 39.6 Å². The van der Waals surface area contributed by atoms with Crippen molar-refractivity contribution in [2.45, 2.75) is 25.3 Å². The maximum Gasteiger partial charge on any atom is 0.255 e. The number of aromatic nitrogens is 3. The van der Waals surface area contributed by atoms with Crippen LogP contribution in [0, 0.1) is 6.92 Å². The van der Waals surface area contributed by atoms with Crippen LogP contribution in [0.25, 0.3) is 44.8 Å². The van der Waals surface area contributed by atoms with Crippen LogP contribution in [0.15, 0.2) is 95.4 Å². The van der Waals surface area contributed by atoms with Gasteiger partial charge in [0.25, 0.3) is 11.8 Å². The Balaban J connectivity index is 1.20. The molecule has 0 atom stereocenters. The van der Waals surface area contributed by atoms with E-state index in [1.54, 1.807) is 14.2 Å². The van der Waals surface area contributed by atoms with Gasteiger partial charge in [-0.25, -0.2) is 4.98 Å². The second kappa shape index (κ2) is 11.1. The Morgan fingerprint density at radius 2 is 1.67 bits per heavy atom. The number of nitrogens with zero attached hydrogens (tertiary/aromatic N) is 2. The summed E-state index contributed by atoms with van der Waals surface area (Å²) in [6.07, 6.45) is 1.50. The molecule has 0 radical (unpaired) electrons. The first-order valence-electron chi connectivity index (χ1n) is 14.7. The number of carbonyl (C=O) groups excluding carboxylic acids is 2. The molecule has 1 saturated carbocycles. The summed E-state index contributed by atoms with van der Waals surface area (Å²) in [6, 6.07) is 28.6. The van der Waals surface area contributed by atoms with E-state index in [-0.39, 0.29) is 11.8 Å². The number of amides is 2. The first kappa shape index (κ1) is 28.1. The van der Waals surface area contributed by atoms with E-state index in [2.05, 4.69) is 20.8 Å². The molecule has 2 aromatic heterocycles. The highest BCUT2D eigenvalue weighted by molar-refractivity contribution is 6.12. The summed E-state index contributed by atoms with van der Waals surface area (Å²) in [5, 5.41) is 14.1. The van der Waals surface area contributed by atoms with Crippen LogP contribution < -0.4 is 15.4 Å². The summed E-state index contributed by atoms with van der Waals surface area (Å²) in [5.74, 6) is 1.89. The van der Waals surface area contributed by atoms with Crippen molar-refractivity contribution in [1.82, 2.24) is 25.8 Å². The van der Waals surface area contributed by atoms with Gasteiger partial charge in [0.2, 0.25) is 0 Å². The Bertz CT molecular complexity index is 2070. The lowest BCUT2D eigenvalue weighted by Crippen LogP contribution is -2.35. The molecular weight excluding hydrogens is 566 g/mol. The Morgan fingerprint density at radius 3 is 2.42 bits per heavy atom. The number of benzene rings is 4. The maximum atomic E-state index is 13.6. The highest BCUT2D eigenvalue weighted by Gasteiger charge is 2.49. The molecule has 3 N–H and O–H groups in total. The molecule has 6 aromatic rings. The van der Waals surface area contributed by atoms with Crippen LogP contribution in [0.2, 0.25) is 0 Å². The predicted molar refractivity (Wildman–Crippen MR) is 172 cm³/mol. The minimum atomic E-state index is -0.610. The van der Waals surface area contributed by atoms with Gasteiger partial charge in [0.15, 0.2) is 11.6 Å². The zero-order valence-corrected chi connectivity index (χ0v) is 25.1. The number of ether oxygens (including phenoxy) is 1. The zero-order valence-electron chi connectivity index (χ0n) is 25.1. The van der Waals surface area contributed by atoms with Gasteiger partial charge >= 0.3 is 0 Å². The van der Waals surface area contributed by atoms with Crippen LogP contribution in [0.3, 0.4) is 0 Å². The van der Waals surface area contributed by atoms with Crippen molar-refractivity contribution in [2.75, 3.05) is 14.2 Å². The number of hydrogen-bond acceptors (Lipinski definition) is 6. The van der Waals surface area contributed by atoms with Gasteiger partial charge in [-0.1, -0.05) is 54.6 Å². The summed E-state index contributed by atoms with van der Waals surface area (Å²) in [6.45, 7) is 2.00. The molecule has 1 aliphatic carbocycles. The average molecular weight is 598 g/mol. The van der Waals surface area contributed by atoms with Crippen LogP contribution in [0.1, 0.15) is 44.9 Å². The van der Waals surface area contributed by atoms with Crippen molar-refractivity contribution in [3.63, 3.8) is 0 Å². The first-order valence-corrected chi connectivity index (χ1v) is 14.7. The lowest BCUT2D eigenvalue weighted by Gasteiger charge is -2.16. The lowest BCUT2D eigenvalue weighted by atomic mass is 9.95. The Morgan fingerprint density at radius 1 is 0.889 bits per heavy atom. The van der Waals surface area contributed by atoms with Gasteiger partial charge in [-0.3, -0.25) is 14.7 Å². The first-order chi connectivity index (χ1) is 21.9. The molecule has 0 saturated heterocycles. The highest BCUT2D eigenvalue weighted by atomic mass is 16.5. The number of carbonyl (C=O) groups is 2. The topological polar surface area (TPSA) is 122 Å². The quantitative estimate of drug-likeness (QED) is 0.181. The van der Waals surface area contributed by atoms with Gasteiger partial charge < -0.3 is 19.8 Å². The molecule has 7 rings (SSSR count). The van der Waals surface area contributed by atoms with E-state index in [1.807, 2.05) is 97.9 Å². The molecule has 1 aliphatic rings. The summed E-state index contributed by atoms with van der Waals surface area (Å²) in [5.41, 5.74) is 5.35. The lowest BCUT2D eigenvalue weighted by molar-refractivity contribution is 0.0927. The number of nitrogens with one attached hydrogen (secondary N) is 3. The zero-order chi connectivity index (χ0) is 31.1. The molecule has 2 amide bonds. The third kappa shape index (κ3) is 5.02. The van der Waals surface area contributed by atoms with Gasteiger partial charge in [-0.2, -0.15) is 5.10 Å². The highest BCUT2D eigenvalue weighted by Crippen LogP contribution is 2.45. The third-order valence-electron chi connectivity index (χ3n) is 8.38. The Labute approximate surface area is 259 Å². The summed E-state index contributed by atoms with van der Waals surface area (Å²) >= 11 is 0. The van der Waals surface area contributed by atoms with E-state index in [1.165, 1.54) is 0 Å². The summed E-state index contributed by atoms with van der Waals surface area (Å²) < 4.78 is 11.7. The number of hydrogen-bond donors (Lipinski definition) is 3. The van der Waals surface area contributed by atoms with E-state index in [9.17, 15) is 9.59 Å². The van der Waals surface area contributed by atoms with Gasteiger partial charge in [-0.05, 0) is 72.9 Å². The number of rotatable bonds is 8. The van der Waals surface area contributed by atoms with Gasteiger partial charge in [-0.15, -0.1) is 0 Å². The molecular formula is C36H31N5O4. The van der Waals surface area contributed by atoms with Crippen LogP contribution >= 0.6 is 0 Å². The number of para-hydroxylation sites is 1. The van der Waals surface area contributed by atoms with E-state index in [0.717, 1.165) is 40.7 Å². The predicted octanol–water partition coefficient (Wildman–Crippen LogP) is 6.65. The molecule has 1 fully saturated rings. The van der Waals surface area contributed by atoms with Gasteiger partial charge in [0, 0.05) is 23.6 Å². The van der Waals surface area contributed by atoms with E-state index < -0.39 is 5.54 Å². The van der Waals surface area contributed by atoms with Crippen LogP contribution in [0.4, 0.5) is 0 Å². The van der Waals surface area contributed by atoms with E-state index >= 15 is 0 Å². The van der Waals surface area contributed by atoms with Crippen molar-refractivity contribution in [2.24, 2.45) is 0 Å². The maximum absolute atomic E-state index is 13.6. The molecule has 9 nitrogen and oxygen atoms in total. The minimum absolute atomic E-state index is 0.203. The molecule has 4 aromatic carbocycles. The molecule has 224 valence electrons. The molecule has 45 heavy (non-hydrogen) atoms. The normalized spacial score (nSPS) is 13.4. The van der Waals surface area contributed by atoms with Crippen molar-refractivity contribution in [3.05, 3.63) is 114 Å². The third-order valence-corrected chi connectivity index (χ3v) is 8.38. The van der Waals surface area contributed by atoms with E-state index in [4.69, 9.17) is 14.1 Å². The van der Waals surface area contributed by atoms with Crippen molar-refractivity contribution < 1.29 is 18.7 Å². The fourth-order valence-electron chi connectivity index (χ4n) is 5.74. The van der Waals surface area contributed by atoms with Crippen molar-refractivity contribution in [1.29, 1.82) is 0 Å². The molecule has 0 aliphatic heterocycles. The van der Waals surface area contributed by atoms with Crippen molar-refractivity contribution >= 4 is 22.8 Å². The molecule has 9 heteroatoms. The smallest absolute Gasteiger partial charge is 0.255 e. The second-order valence-electron chi connectivity index (χ2n) is 11.2. The number of furan rings is 1. The summed E-state index contributed by atoms with van der Waals surface area (Å²) in [4.78, 5) is 31.4. The second-order valence-corrected chi connectivity index (χ2v) is 11.2. The number of methoxy groups -OCH3 is 1. The Hall–Kier alpha value is -5.70. The molecule has 0 bridgehead atoms. The standard InChI is InChI=1S/C36H31N5O4/c1-21-13-14-24(33(42)39-36(17-18-36)35-38-32(40-41-35)25-11-7-8-12-28(25)44-3)20-26(21)23-15-16-29-27(19-23)30(34(43)37-2)31(45-29)22-9-5-4-6-10-22/h4-16,19-20H,17-18H2,1-3H3,(H,37,43)(H,39,42)(H,38,40,41). The van der Waals surface area contributed by atoms with Crippen LogP contribution in [-0.4, -0.2) is 41.2 Å². The minimum Gasteiger partial charge on any atom is -0.496 e. The van der Waals surface area contributed by atoms with Crippen LogP contribution in [-0.2, 0) is 5.54 Å².